The normalized spacial score (nSPS) is 13.2. The van der Waals surface area contributed by atoms with E-state index in [1.54, 1.807) is 24.3 Å². The molecule has 0 aliphatic heterocycles. The Morgan fingerprint density at radius 3 is 2.29 bits per heavy atom. The molecule has 1 amide bonds. The number of nitrogens with two attached hydrogens (primary N) is 1. The molecule has 4 heteroatoms. The number of amides is 1. The molecule has 0 radical (unpaired) electrons. The van der Waals surface area contributed by atoms with E-state index < -0.39 is 6.04 Å². The summed E-state index contributed by atoms with van der Waals surface area (Å²) < 4.78 is 0. The van der Waals surface area contributed by atoms with E-state index in [1.165, 1.54) is 0 Å². The van der Waals surface area contributed by atoms with Crippen LogP contribution in [0.15, 0.2) is 24.3 Å². The lowest BCUT2D eigenvalue weighted by atomic mass is 9.87. The van der Waals surface area contributed by atoms with Crippen molar-refractivity contribution in [3.8, 4) is 0 Å². The van der Waals surface area contributed by atoms with Gasteiger partial charge in [-0.25, -0.2) is 0 Å². The lowest BCUT2D eigenvalue weighted by Crippen LogP contribution is -2.45. The first kappa shape index (κ1) is 13.7. The molecule has 0 fully saturated rings. The second-order valence-electron chi connectivity index (χ2n) is 5.19. The molecule has 4 nitrogen and oxygen atoms in total. The average molecular weight is 236 g/mol. The Hall–Kier alpha value is -1.39. The van der Waals surface area contributed by atoms with Gasteiger partial charge in [-0.15, -0.1) is 0 Å². The molecular weight excluding hydrogens is 216 g/mol. The maximum atomic E-state index is 11.8. The highest BCUT2D eigenvalue weighted by molar-refractivity contribution is 5.95. The van der Waals surface area contributed by atoms with Gasteiger partial charge in [0, 0.05) is 5.69 Å². The van der Waals surface area contributed by atoms with Crippen LogP contribution in [0.25, 0.3) is 0 Å². The Kier molecular flexibility index (Phi) is 4.26. The average Bonchev–Trinajstić information content (AvgIpc) is 2.27. The summed E-state index contributed by atoms with van der Waals surface area (Å²) in [6.45, 7) is 5.76. The molecule has 0 heterocycles. The van der Waals surface area contributed by atoms with Gasteiger partial charge in [0.25, 0.3) is 0 Å². The monoisotopic (exact) mass is 236 g/mol. The molecule has 1 atom stereocenters. The number of carbonyl (C=O) groups is 1. The first-order valence-corrected chi connectivity index (χ1v) is 5.61. The van der Waals surface area contributed by atoms with E-state index in [9.17, 15) is 4.79 Å². The maximum absolute atomic E-state index is 11.8. The largest absolute Gasteiger partial charge is 0.392 e. The zero-order valence-corrected chi connectivity index (χ0v) is 10.5. The summed E-state index contributed by atoms with van der Waals surface area (Å²) in [6, 6.07) is 6.47. The van der Waals surface area contributed by atoms with Crippen LogP contribution in [-0.4, -0.2) is 17.1 Å². The standard InChI is InChI=1S/C13H20N2O2/c1-13(2,3)11(14)12(17)15-10-6-4-9(8-16)5-7-10/h4-7,11,16H,8,14H2,1-3H3,(H,15,17)/t11-/m1/s1. The van der Waals surface area contributed by atoms with Gasteiger partial charge in [0.15, 0.2) is 0 Å². The van der Waals surface area contributed by atoms with E-state index in [1.807, 2.05) is 20.8 Å². The van der Waals surface area contributed by atoms with E-state index in [2.05, 4.69) is 5.32 Å². The van der Waals surface area contributed by atoms with Crippen molar-refractivity contribution < 1.29 is 9.90 Å². The van der Waals surface area contributed by atoms with E-state index in [0.717, 1.165) is 5.56 Å². The SMILES string of the molecule is CC(C)(C)[C@H](N)C(=O)Nc1ccc(CO)cc1. The number of carbonyl (C=O) groups excluding carboxylic acids is 1. The van der Waals surface area contributed by atoms with E-state index in [4.69, 9.17) is 10.8 Å². The Balaban J connectivity index is 2.68. The van der Waals surface area contributed by atoms with Crippen molar-refractivity contribution in [2.75, 3.05) is 5.32 Å². The molecule has 1 rings (SSSR count). The molecule has 0 aliphatic rings. The zero-order chi connectivity index (χ0) is 13.1. The molecule has 0 bridgehead atoms. The second-order valence-corrected chi connectivity index (χ2v) is 5.19. The smallest absolute Gasteiger partial charge is 0.241 e. The fraction of sp³-hybridized carbons (Fsp3) is 0.462. The molecule has 4 N–H and O–H groups in total. The van der Waals surface area contributed by atoms with Gasteiger partial charge < -0.3 is 16.2 Å². The van der Waals surface area contributed by atoms with Gasteiger partial charge in [0.1, 0.15) is 0 Å². The van der Waals surface area contributed by atoms with Crippen LogP contribution in [0.5, 0.6) is 0 Å². The van der Waals surface area contributed by atoms with Gasteiger partial charge in [-0.1, -0.05) is 32.9 Å². The summed E-state index contributed by atoms with van der Waals surface area (Å²) >= 11 is 0. The highest BCUT2D eigenvalue weighted by atomic mass is 16.3. The Bertz CT molecular complexity index is 379. The highest BCUT2D eigenvalue weighted by Crippen LogP contribution is 2.19. The van der Waals surface area contributed by atoms with Gasteiger partial charge in [-0.3, -0.25) is 4.79 Å². The summed E-state index contributed by atoms with van der Waals surface area (Å²) in [5.41, 5.74) is 7.07. The highest BCUT2D eigenvalue weighted by Gasteiger charge is 2.27. The number of benzene rings is 1. The van der Waals surface area contributed by atoms with Crippen molar-refractivity contribution in [2.24, 2.45) is 11.1 Å². The van der Waals surface area contributed by atoms with Crippen LogP contribution in [0.1, 0.15) is 26.3 Å². The summed E-state index contributed by atoms with van der Waals surface area (Å²) in [5, 5.41) is 11.7. The number of anilines is 1. The van der Waals surface area contributed by atoms with E-state index >= 15 is 0 Å². The minimum absolute atomic E-state index is 0.00423. The number of aliphatic hydroxyl groups is 1. The van der Waals surface area contributed by atoms with Crippen molar-refractivity contribution in [1.29, 1.82) is 0 Å². The molecule has 0 unspecified atom stereocenters. The fourth-order valence-corrected chi connectivity index (χ4v) is 1.31. The number of hydrogen-bond acceptors (Lipinski definition) is 3. The van der Waals surface area contributed by atoms with Gasteiger partial charge in [0.2, 0.25) is 5.91 Å². The molecule has 0 saturated heterocycles. The molecule has 0 aliphatic carbocycles. The summed E-state index contributed by atoms with van der Waals surface area (Å²) in [7, 11) is 0. The Morgan fingerprint density at radius 2 is 1.88 bits per heavy atom. The van der Waals surface area contributed by atoms with Crippen molar-refractivity contribution in [3.05, 3.63) is 29.8 Å². The minimum Gasteiger partial charge on any atom is -0.392 e. The topological polar surface area (TPSA) is 75.4 Å². The van der Waals surface area contributed by atoms with Crippen LogP contribution in [0.2, 0.25) is 0 Å². The summed E-state index contributed by atoms with van der Waals surface area (Å²) in [6.07, 6.45) is 0. The fourth-order valence-electron chi connectivity index (χ4n) is 1.31. The molecule has 94 valence electrons. The third kappa shape index (κ3) is 3.84. The quantitative estimate of drug-likeness (QED) is 0.744. The van der Waals surface area contributed by atoms with Crippen LogP contribution in [0.4, 0.5) is 5.69 Å². The van der Waals surface area contributed by atoms with Crippen LogP contribution in [-0.2, 0) is 11.4 Å². The minimum atomic E-state index is -0.556. The number of aliphatic hydroxyl groups excluding tert-OH is 1. The third-order valence-corrected chi connectivity index (χ3v) is 2.62. The number of hydrogen-bond donors (Lipinski definition) is 3. The summed E-state index contributed by atoms with van der Waals surface area (Å²) in [5.74, 6) is -0.200. The van der Waals surface area contributed by atoms with Crippen LogP contribution in [0, 0.1) is 5.41 Å². The van der Waals surface area contributed by atoms with Crippen LogP contribution >= 0.6 is 0 Å². The molecule has 1 aromatic rings. The predicted molar refractivity (Wildman–Crippen MR) is 68.4 cm³/mol. The van der Waals surface area contributed by atoms with Gasteiger partial charge in [-0.05, 0) is 23.1 Å². The van der Waals surface area contributed by atoms with Crippen molar-refractivity contribution in [2.45, 2.75) is 33.4 Å². The van der Waals surface area contributed by atoms with Crippen LogP contribution < -0.4 is 11.1 Å². The van der Waals surface area contributed by atoms with Crippen molar-refractivity contribution in [3.63, 3.8) is 0 Å². The second kappa shape index (κ2) is 5.29. The number of rotatable bonds is 3. The molecule has 17 heavy (non-hydrogen) atoms. The van der Waals surface area contributed by atoms with E-state index in [-0.39, 0.29) is 17.9 Å². The van der Waals surface area contributed by atoms with Crippen LogP contribution in [0.3, 0.4) is 0 Å². The van der Waals surface area contributed by atoms with Gasteiger partial charge in [-0.2, -0.15) is 0 Å². The number of nitrogens with one attached hydrogen (secondary N) is 1. The molecule has 0 aromatic heterocycles. The lowest BCUT2D eigenvalue weighted by molar-refractivity contribution is -0.119. The molecular formula is C13H20N2O2. The molecule has 0 spiro atoms. The van der Waals surface area contributed by atoms with Crippen molar-refractivity contribution in [1.82, 2.24) is 0 Å². The Labute approximate surface area is 102 Å². The zero-order valence-electron chi connectivity index (χ0n) is 10.5. The summed E-state index contributed by atoms with van der Waals surface area (Å²) in [4.78, 5) is 11.8. The first-order chi connectivity index (χ1) is 7.84. The third-order valence-electron chi connectivity index (χ3n) is 2.62. The molecule has 1 aromatic carbocycles. The van der Waals surface area contributed by atoms with Gasteiger partial charge >= 0.3 is 0 Å². The first-order valence-electron chi connectivity index (χ1n) is 5.61. The lowest BCUT2D eigenvalue weighted by Gasteiger charge is -2.25. The maximum Gasteiger partial charge on any atom is 0.241 e. The van der Waals surface area contributed by atoms with Gasteiger partial charge in [0.05, 0.1) is 12.6 Å². The molecule has 0 saturated carbocycles. The van der Waals surface area contributed by atoms with E-state index in [0.29, 0.717) is 5.69 Å². The predicted octanol–water partition coefficient (Wildman–Crippen LogP) is 1.49. The van der Waals surface area contributed by atoms with Crippen molar-refractivity contribution >= 4 is 11.6 Å². The Morgan fingerprint density at radius 1 is 1.35 bits per heavy atom.